The molecule has 26 heavy (non-hydrogen) atoms. The molecule has 4 nitrogen and oxygen atoms in total. The molecule has 0 bridgehead atoms. The van der Waals surface area contributed by atoms with Crippen LogP contribution < -0.4 is 15.0 Å². The molecule has 2 aromatic carbocycles. The number of anilines is 2. The average molecular weight is 354 g/mol. The molecule has 1 N–H and O–H groups in total. The lowest BCUT2D eigenvalue weighted by Crippen LogP contribution is -2.22. The van der Waals surface area contributed by atoms with Gasteiger partial charge in [0.05, 0.1) is 0 Å². The topological polar surface area (TPSA) is 41.6 Å². The van der Waals surface area contributed by atoms with Crippen molar-refractivity contribution in [2.45, 2.75) is 40.5 Å². The van der Waals surface area contributed by atoms with Crippen molar-refractivity contribution in [3.63, 3.8) is 0 Å². The molecule has 0 saturated heterocycles. The second-order valence-electron chi connectivity index (χ2n) is 6.74. The van der Waals surface area contributed by atoms with E-state index in [0.717, 1.165) is 35.8 Å². The highest BCUT2D eigenvalue weighted by Crippen LogP contribution is 2.24. The van der Waals surface area contributed by atoms with Crippen LogP contribution in [0.2, 0.25) is 0 Å². The number of carbonyl (C=O) groups excluding carboxylic acids is 1. The predicted molar refractivity (Wildman–Crippen MR) is 109 cm³/mol. The first-order chi connectivity index (χ1) is 12.4. The molecule has 0 radical (unpaired) electrons. The molecule has 0 aliphatic heterocycles. The largest absolute Gasteiger partial charge is 0.483 e. The predicted octanol–water partition coefficient (Wildman–Crippen LogP) is 4.98. The minimum atomic E-state index is -0.157. The summed E-state index contributed by atoms with van der Waals surface area (Å²) in [7, 11) is 0. The number of hydrogen-bond donors (Lipinski definition) is 1. The fourth-order valence-corrected chi connectivity index (χ4v) is 2.82. The lowest BCUT2D eigenvalue weighted by Gasteiger charge is -2.21. The molecule has 0 saturated carbocycles. The fraction of sp³-hybridized carbons (Fsp3) is 0.409. The van der Waals surface area contributed by atoms with Crippen molar-refractivity contribution in [2.75, 3.05) is 29.9 Å². The zero-order valence-electron chi connectivity index (χ0n) is 16.5. The molecular weight excluding hydrogens is 324 g/mol. The number of ether oxygens (including phenoxy) is 1. The number of benzene rings is 2. The van der Waals surface area contributed by atoms with E-state index >= 15 is 0 Å². The fourth-order valence-electron chi connectivity index (χ4n) is 2.82. The molecule has 0 fully saturated rings. The Labute approximate surface area is 157 Å². The quantitative estimate of drug-likeness (QED) is 0.727. The third kappa shape index (κ3) is 5.25. The van der Waals surface area contributed by atoms with E-state index in [1.165, 1.54) is 5.56 Å². The molecule has 2 aromatic rings. The standard InChI is InChI=1S/C22H30N2O2/c1-6-24(7-2)20-12-10-19(11-13-20)23-22(25)15-26-21-14-18(16(3)4)9-8-17(21)5/h8-14,16H,6-7,15H2,1-5H3,(H,23,25). The van der Waals surface area contributed by atoms with Gasteiger partial charge in [-0.3, -0.25) is 4.79 Å². The molecule has 0 aliphatic rings. The number of aryl methyl sites for hydroxylation is 1. The summed E-state index contributed by atoms with van der Waals surface area (Å²) in [6, 6.07) is 14.1. The third-order valence-corrected chi connectivity index (χ3v) is 4.52. The van der Waals surface area contributed by atoms with Crippen molar-refractivity contribution in [3.05, 3.63) is 53.6 Å². The molecule has 0 atom stereocenters. The maximum absolute atomic E-state index is 12.2. The normalized spacial score (nSPS) is 10.7. The molecule has 2 rings (SSSR count). The van der Waals surface area contributed by atoms with Crippen molar-refractivity contribution in [3.8, 4) is 5.75 Å². The van der Waals surface area contributed by atoms with Crippen LogP contribution in [0.15, 0.2) is 42.5 Å². The molecule has 1 amide bonds. The van der Waals surface area contributed by atoms with Crippen molar-refractivity contribution in [1.82, 2.24) is 0 Å². The second kappa shape index (κ2) is 9.27. The van der Waals surface area contributed by atoms with Gasteiger partial charge < -0.3 is 15.0 Å². The van der Waals surface area contributed by atoms with Gasteiger partial charge in [-0.1, -0.05) is 26.0 Å². The number of carbonyl (C=O) groups is 1. The summed E-state index contributed by atoms with van der Waals surface area (Å²) in [5, 5.41) is 2.89. The van der Waals surface area contributed by atoms with E-state index in [1.807, 2.05) is 43.3 Å². The van der Waals surface area contributed by atoms with Gasteiger partial charge in [0.25, 0.3) is 5.91 Å². The molecular formula is C22H30N2O2. The molecule has 0 aromatic heterocycles. The maximum Gasteiger partial charge on any atom is 0.262 e. The smallest absolute Gasteiger partial charge is 0.262 e. The van der Waals surface area contributed by atoms with Crippen LogP contribution in [0, 0.1) is 6.92 Å². The van der Waals surface area contributed by atoms with E-state index < -0.39 is 0 Å². The Morgan fingerprint density at radius 1 is 1.08 bits per heavy atom. The number of hydrogen-bond acceptors (Lipinski definition) is 3. The lowest BCUT2D eigenvalue weighted by atomic mass is 10.0. The van der Waals surface area contributed by atoms with Crippen LogP contribution >= 0.6 is 0 Å². The second-order valence-corrected chi connectivity index (χ2v) is 6.74. The summed E-state index contributed by atoms with van der Waals surface area (Å²) in [6.07, 6.45) is 0. The van der Waals surface area contributed by atoms with Gasteiger partial charge in [0.2, 0.25) is 0 Å². The van der Waals surface area contributed by atoms with Crippen molar-refractivity contribution < 1.29 is 9.53 Å². The first-order valence-corrected chi connectivity index (χ1v) is 9.32. The van der Waals surface area contributed by atoms with Gasteiger partial charge in [-0.25, -0.2) is 0 Å². The van der Waals surface area contributed by atoms with E-state index in [1.54, 1.807) is 0 Å². The summed E-state index contributed by atoms with van der Waals surface area (Å²) in [5.41, 5.74) is 4.18. The highest BCUT2D eigenvalue weighted by Gasteiger charge is 2.09. The molecule has 0 heterocycles. The summed E-state index contributed by atoms with van der Waals surface area (Å²) in [5.74, 6) is 1.04. The highest BCUT2D eigenvalue weighted by molar-refractivity contribution is 5.92. The Hall–Kier alpha value is -2.49. The van der Waals surface area contributed by atoms with E-state index in [0.29, 0.717) is 5.92 Å². The van der Waals surface area contributed by atoms with E-state index in [2.05, 4.69) is 44.0 Å². The van der Waals surface area contributed by atoms with Gasteiger partial charge in [0, 0.05) is 24.5 Å². The van der Waals surface area contributed by atoms with Crippen LogP contribution in [-0.4, -0.2) is 25.6 Å². The monoisotopic (exact) mass is 354 g/mol. The third-order valence-electron chi connectivity index (χ3n) is 4.52. The van der Waals surface area contributed by atoms with Crippen molar-refractivity contribution in [1.29, 1.82) is 0 Å². The SMILES string of the molecule is CCN(CC)c1ccc(NC(=O)COc2cc(C(C)C)ccc2C)cc1. The Morgan fingerprint density at radius 3 is 2.31 bits per heavy atom. The Morgan fingerprint density at radius 2 is 1.73 bits per heavy atom. The molecule has 140 valence electrons. The van der Waals surface area contributed by atoms with E-state index in [-0.39, 0.29) is 12.5 Å². The van der Waals surface area contributed by atoms with Crippen LogP contribution in [-0.2, 0) is 4.79 Å². The van der Waals surface area contributed by atoms with E-state index in [9.17, 15) is 4.79 Å². The number of nitrogens with zero attached hydrogens (tertiary/aromatic N) is 1. The maximum atomic E-state index is 12.2. The van der Waals surface area contributed by atoms with Gasteiger partial charge >= 0.3 is 0 Å². The summed E-state index contributed by atoms with van der Waals surface area (Å²) in [6.45, 7) is 12.5. The summed E-state index contributed by atoms with van der Waals surface area (Å²) >= 11 is 0. The zero-order chi connectivity index (χ0) is 19.1. The molecule has 0 aliphatic carbocycles. The zero-order valence-corrected chi connectivity index (χ0v) is 16.5. The summed E-state index contributed by atoms with van der Waals surface area (Å²) < 4.78 is 5.74. The van der Waals surface area contributed by atoms with Gasteiger partial charge in [-0.2, -0.15) is 0 Å². The summed E-state index contributed by atoms with van der Waals surface area (Å²) in [4.78, 5) is 14.5. The van der Waals surface area contributed by atoms with E-state index in [4.69, 9.17) is 4.74 Å². The molecule has 4 heteroatoms. The van der Waals surface area contributed by atoms with Gasteiger partial charge in [0.1, 0.15) is 5.75 Å². The van der Waals surface area contributed by atoms with Crippen LogP contribution in [0.3, 0.4) is 0 Å². The highest BCUT2D eigenvalue weighted by atomic mass is 16.5. The van der Waals surface area contributed by atoms with Crippen LogP contribution in [0.4, 0.5) is 11.4 Å². The Kier molecular flexibility index (Phi) is 7.07. The van der Waals surface area contributed by atoms with Crippen LogP contribution in [0.5, 0.6) is 5.75 Å². The molecule has 0 spiro atoms. The first-order valence-electron chi connectivity index (χ1n) is 9.32. The van der Waals surface area contributed by atoms with Gasteiger partial charge in [-0.05, 0) is 68.1 Å². The van der Waals surface area contributed by atoms with Gasteiger partial charge in [-0.15, -0.1) is 0 Å². The Bertz CT molecular complexity index is 719. The number of amides is 1. The minimum absolute atomic E-state index is 0.000184. The van der Waals surface area contributed by atoms with Crippen LogP contribution in [0.1, 0.15) is 44.7 Å². The Balaban J connectivity index is 1.94. The van der Waals surface area contributed by atoms with Gasteiger partial charge in [0.15, 0.2) is 6.61 Å². The lowest BCUT2D eigenvalue weighted by molar-refractivity contribution is -0.118. The average Bonchev–Trinajstić information content (AvgIpc) is 2.63. The molecule has 0 unspecified atom stereocenters. The minimum Gasteiger partial charge on any atom is -0.483 e. The number of rotatable bonds is 8. The van der Waals surface area contributed by atoms with Crippen molar-refractivity contribution >= 4 is 17.3 Å². The van der Waals surface area contributed by atoms with Crippen molar-refractivity contribution in [2.24, 2.45) is 0 Å². The number of nitrogens with one attached hydrogen (secondary N) is 1. The first kappa shape index (κ1) is 19.8. The van der Waals surface area contributed by atoms with Crippen LogP contribution in [0.25, 0.3) is 0 Å².